The fourth-order valence-electron chi connectivity index (χ4n) is 1.38. The predicted octanol–water partition coefficient (Wildman–Crippen LogP) is 0.733. The van der Waals surface area contributed by atoms with Crippen molar-refractivity contribution in [3.63, 3.8) is 0 Å². The molecule has 0 aliphatic carbocycles. The molecule has 0 spiro atoms. The van der Waals surface area contributed by atoms with E-state index in [1.54, 1.807) is 31.3 Å². The van der Waals surface area contributed by atoms with Crippen LogP contribution in [0, 0.1) is 5.92 Å². The molecule has 1 atom stereocenters. The van der Waals surface area contributed by atoms with Crippen LogP contribution in [0.5, 0.6) is 5.75 Å². The van der Waals surface area contributed by atoms with Gasteiger partial charge in [0.15, 0.2) is 6.61 Å². The van der Waals surface area contributed by atoms with Gasteiger partial charge >= 0.3 is 0 Å². The molecule has 0 saturated heterocycles. The Morgan fingerprint density at radius 1 is 1.25 bits per heavy atom. The third-order valence-corrected chi connectivity index (χ3v) is 2.79. The lowest BCUT2D eigenvalue weighted by atomic mass is 10.1. The molecule has 6 nitrogen and oxygen atoms in total. The van der Waals surface area contributed by atoms with E-state index in [0.717, 1.165) is 0 Å². The minimum atomic E-state index is -0.542. The van der Waals surface area contributed by atoms with Crippen LogP contribution in [-0.2, 0) is 9.59 Å². The summed E-state index contributed by atoms with van der Waals surface area (Å²) in [5.41, 5.74) is 6.39. The molecule has 6 heteroatoms. The van der Waals surface area contributed by atoms with Crippen molar-refractivity contribution < 1.29 is 14.3 Å². The molecular weight excluding hydrogens is 258 g/mol. The Morgan fingerprint density at radius 2 is 1.85 bits per heavy atom. The smallest absolute Gasteiger partial charge is 0.257 e. The monoisotopic (exact) mass is 279 g/mol. The van der Waals surface area contributed by atoms with Gasteiger partial charge in [-0.1, -0.05) is 13.8 Å². The topological polar surface area (TPSA) is 93.5 Å². The Kier molecular flexibility index (Phi) is 5.99. The van der Waals surface area contributed by atoms with E-state index in [1.807, 2.05) is 13.8 Å². The maximum Gasteiger partial charge on any atom is 0.257 e. The molecule has 0 aliphatic rings. The van der Waals surface area contributed by atoms with Crippen LogP contribution in [0.1, 0.15) is 13.8 Å². The van der Waals surface area contributed by atoms with Crippen molar-refractivity contribution >= 4 is 17.5 Å². The Hall–Kier alpha value is -2.08. The third-order valence-electron chi connectivity index (χ3n) is 2.79. The first-order valence-electron chi connectivity index (χ1n) is 6.44. The molecule has 0 unspecified atom stereocenters. The summed E-state index contributed by atoms with van der Waals surface area (Å²) in [6.07, 6.45) is 0. The number of nitrogens with one attached hydrogen (secondary N) is 2. The number of ether oxygens (including phenoxy) is 1. The van der Waals surface area contributed by atoms with Gasteiger partial charge in [-0.05, 0) is 30.2 Å². The summed E-state index contributed by atoms with van der Waals surface area (Å²) in [6, 6.07) is 6.21. The van der Waals surface area contributed by atoms with Crippen molar-refractivity contribution in [3.8, 4) is 5.75 Å². The van der Waals surface area contributed by atoms with Gasteiger partial charge in [0.05, 0.1) is 6.04 Å². The number of anilines is 1. The Labute approximate surface area is 118 Å². The quantitative estimate of drug-likeness (QED) is 0.715. The van der Waals surface area contributed by atoms with Crippen LogP contribution in [0.15, 0.2) is 24.3 Å². The van der Waals surface area contributed by atoms with Gasteiger partial charge in [0.1, 0.15) is 5.75 Å². The molecule has 0 bridgehead atoms. The van der Waals surface area contributed by atoms with Crippen LogP contribution in [0.2, 0.25) is 0 Å². The average molecular weight is 279 g/mol. The summed E-state index contributed by atoms with van der Waals surface area (Å²) >= 11 is 0. The van der Waals surface area contributed by atoms with Crippen molar-refractivity contribution in [2.24, 2.45) is 11.7 Å². The minimum Gasteiger partial charge on any atom is -0.484 e. The van der Waals surface area contributed by atoms with Gasteiger partial charge in [-0.25, -0.2) is 0 Å². The molecule has 110 valence electrons. The summed E-state index contributed by atoms with van der Waals surface area (Å²) in [6.45, 7) is 3.74. The number of hydrogen-bond donors (Lipinski definition) is 3. The van der Waals surface area contributed by atoms with E-state index in [4.69, 9.17) is 10.5 Å². The second-order valence-electron chi connectivity index (χ2n) is 4.75. The molecule has 0 radical (unpaired) electrons. The number of amides is 2. The lowest BCUT2D eigenvalue weighted by molar-refractivity contribution is -0.122. The van der Waals surface area contributed by atoms with Crippen LogP contribution >= 0.6 is 0 Å². The van der Waals surface area contributed by atoms with E-state index < -0.39 is 6.04 Å². The highest BCUT2D eigenvalue weighted by atomic mass is 16.5. The van der Waals surface area contributed by atoms with Crippen molar-refractivity contribution in [1.29, 1.82) is 0 Å². The highest BCUT2D eigenvalue weighted by Crippen LogP contribution is 2.16. The number of benzene rings is 1. The van der Waals surface area contributed by atoms with Crippen molar-refractivity contribution in [1.82, 2.24) is 5.32 Å². The van der Waals surface area contributed by atoms with Gasteiger partial charge in [-0.2, -0.15) is 0 Å². The highest BCUT2D eigenvalue weighted by Gasteiger charge is 2.16. The first-order chi connectivity index (χ1) is 9.43. The molecule has 2 amide bonds. The second-order valence-corrected chi connectivity index (χ2v) is 4.75. The molecular formula is C14H21N3O3. The molecule has 20 heavy (non-hydrogen) atoms. The summed E-state index contributed by atoms with van der Waals surface area (Å²) < 4.78 is 5.25. The Morgan fingerprint density at radius 3 is 2.35 bits per heavy atom. The van der Waals surface area contributed by atoms with E-state index in [-0.39, 0.29) is 24.3 Å². The third kappa shape index (κ3) is 4.89. The van der Waals surface area contributed by atoms with Crippen LogP contribution < -0.4 is 21.1 Å². The standard InChI is InChI=1S/C14H21N3O3/c1-9(2)13(15)14(19)17-10-4-6-11(7-5-10)20-8-12(18)16-3/h4-7,9,13H,8,15H2,1-3H3,(H,16,18)(H,17,19)/t13-/m0/s1. The predicted molar refractivity (Wildman–Crippen MR) is 77.4 cm³/mol. The van der Waals surface area contributed by atoms with Crippen LogP contribution in [0.3, 0.4) is 0 Å². The van der Waals surface area contributed by atoms with Gasteiger partial charge < -0.3 is 21.1 Å². The highest BCUT2D eigenvalue weighted by molar-refractivity contribution is 5.94. The molecule has 0 heterocycles. The zero-order chi connectivity index (χ0) is 15.1. The normalized spacial score (nSPS) is 11.8. The molecule has 0 fully saturated rings. The zero-order valence-corrected chi connectivity index (χ0v) is 12.0. The van der Waals surface area contributed by atoms with Crippen LogP contribution in [0.25, 0.3) is 0 Å². The molecule has 0 saturated carbocycles. The Balaban J connectivity index is 2.54. The van der Waals surface area contributed by atoms with Crippen LogP contribution in [0.4, 0.5) is 5.69 Å². The molecule has 0 aromatic heterocycles. The largest absolute Gasteiger partial charge is 0.484 e. The number of likely N-dealkylation sites (N-methyl/N-ethyl adjacent to an activating group) is 1. The number of rotatable bonds is 6. The number of carbonyl (C=O) groups excluding carboxylic acids is 2. The minimum absolute atomic E-state index is 0.0412. The Bertz CT molecular complexity index is 457. The van der Waals surface area contributed by atoms with Crippen LogP contribution in [-0.4, -0.2) is 31.5 Å². The van der Waals surface area contributed by atoms with Crippen molar-refractivity contribution in [2.75, 3.05) is 19.0 Å². The second kappa shape index (κ2) is 7.49. The number of nitrogens with two attached hydrogens (primary N) is 1. The van der Waals surface area contributed by atoms with E-state index in [2.05, 4.69) is 10.6 Å². The molecule has 1 aromatic rings. The number of carbonyl (C=O) groups is 2. The van der Waals surface area contributed by atoms with E-state index >= 15 is 0 Å². The summed E-state index contributed by atoms with van der Waals surface area (Å²) in [5.74, 6) is 0.203. The summed E-state index contributed by atoms with van der Waals surface area (Å²) in [7, 11) is 1.54. The fourth-order valence-corrected chi connectivity index (χ4v) is 1.38. The number of hydrogen-bond acceptors (Lipinski definition) is 4. The van der Waals surface area contributed by atoms with Gasteiger partial charge in [0, 0.05) is 12.7 Å². The van der Waals surface area contributed by atoms with E-state index in [1.165, 1.54) is 0 Å². The van der Waals surface area contributed by atoms with E-state index in [9.17, 15) is 9.59 Å². The summed E-state index contributed by atoms with van der Waals surface area (Å²) in [4.78, 5) is 22.8. The maximum absolute atomic E-state index is 11.8. The SMILES string of the molecule is CNC(=O)COc1ccc(NC(=O)[C@@H](N)C(C)C)cc1. The van der Waals surface area contributed by atoms with E-state index in [0.29, 0.717) is 11.4 Å². The maximum atomic E-state index is 11.8. The fraction of sp³-hybridized carbons (Fsp3) is 0.429. The molecule has 0 aliphatic heterocycles. The van der Waals surface area contributed by atoms with Gasteiger partial charge in [-0.15, -0.1) is 0 Å². The first-order valence-corrected chi connectivity index (χ1v) is 6.44. The van der Waals surface area contributed by atoms with Gasteiger partial charge in [-0.3, -0.25) is 9.59 Å². The lowest BCUT2D eigenvalue weighted by Gasteiger charge is -2.15. The van der Waals surface area contributed by atoms with Crippen molar-refractivity contribution in [3.05, 3.63) is 24.3 Å². The van der Waals surface area contributed by atoms with Gasteiger partial charge in [0.25, 0.3) is 5.91 Å². The average Bonchev–Trinajstić information content (AvgIpc) is 2.45. The molecule has 1 aromatic carbocycles. The summed E-state index contributed by atoms with van der Waals surface area (Å²) in [5, 5.41) is 5.19. The lowest BCUT2D eigenvalue weighted by Crippen LogP contribution is -2.39. The molecule has 1 rings (SSSR count). The van der Waals surface area contributed by atoms with Crippen molar-refractivity contribution in [2.45, 2.75) is 19.9 Å². The first kappa shape index (κ1) is 16.0. The molecule has 4 N–H and O–H groups in total. The zero-order valence-electron chi connectivity index (χ0n) is 12.0. The van der Waals surface area contributed by atoms with Gasteiger partial charge in [0.2, 0.25) is 5.91 Å².